The summed E-state index contributed by atoms with van der Waals surface area (Å²) in [4.78, 5) is 28.6. The monoisotopic (exact) mass is 494 g/mol. The average Bonchev–Trinajstić information content (AvgIpc) is 2.76. The summed E-state index contributed by atoms with van der Waals surface area (Å²) in [6, 6.07) is 4.41. The lowest BCUT2D eigenvalue weighted by atomic mass is 10.0. The first-order valence-corrected chi connectivity index (χ1v) is 10.9. The molecule has 2 rings (SSSR count). The number of nitrogens with one attached hydrogen (secondary N) is 1. The van der Waals surface area contributed by atoms with Crippen LogP contribution in [0.4, 0.5) is 13.7 Å². The molecule has 1 aromatic carbocycles. The maximum atomic E-state index is 15.8. The number of piperidine rings is 1. The highest BCUT2D eigenvalue weighted by molar-refractivity contribution is 7.80. The van der Waals surface area contributed by atoms with Gasteiger partial charge >= 0.3 is 12.1 Å². The van der Waals surface area contributed by atoms with Gasteiger partial charge in [-0.3, -0.25) is 4.99 Å². The number of carbonyl (C=O) groups excluding carboxylic acids is 1. The number of halogens is 2. The number of benzene rings is 1. The molecular weight excluding hydrogens is 466 g/mol. The molecular formula is C23H28F2N4O4S. The number of hydrogen-bond acceptors (Lipinski definition) is 6. The Labute approximate surface area is 202 Å². The molecule has 1 aliphatic heterocycles. The van der Waals surface area contributed by atoms with Crippen LogP contribution in [0.2, 0.25) is 0 Å². The number of aliphatic carboxylic acids is 1. The van der Waals surface area contributed by atoms with Crippen LogP contribution >= 0.6 is 12.2 Å². The van der Waals surface area contributed by atoms with Gasteiger partial charge < -0.3 is 20.1 Å². The molecule has 0 spiro atoms. The van der Waals surface area contributed by atoms with Gasteiger partial charge in [-0.2, -0.15) is 0 Å². The first-order valence-electron chi connectivity index (χ1n) is 10.5. The molecule has 1 aliphatic rings. The van der Waals surface area contributed by atoms with Crippen LogP contribution < -0.4 is 5.32 Å². The Morgan fingerprint density at radius 2 is 1.82 bits per heavy atom. The minimum absolute atomic E-state index is 0.00670. The van der Waals surface area contributed by atoms with E-state index in [9.17, 15) is 14.0 Å². The average molecular weight is 495 g/mol. The smallest absolute Gasteiger partial charge is 0.410 e. The molecule has 0 aromatic heterocycles. The lowest BCUT2D eigenvalue weighted by Crippen LogP contribution is -2.47. The van der Waals surface area contributed by atoms with Crippen LogP contribution in [-0.2, 0) is 9.53 Å². The van der Waals surface area contributed by atoms with Gasteiger partial charge in [-0.25, -0.2) is 19.1 Å². The summed E-state index contributed by atoms with van der Waals surface area (Å²) in [5, 5.41) is 11.9. The number of nitrogens with zero attached hydrogens (tertiary/aromatic N) is 3. The van der Waals surface area contributed by atoms with Gasteiger partial charge in [0, 0.05) is 18.7 Å². The second kappa shape index (κ2) is 11.2. The SMILES string of the molecule is C=N/C(=C(/C(=S)NC(=C)C(=O)O)N(F)C1CCN(C(=O)OC(C)(C)C)CC1)c1ccc(F)cc1. The number of likely N-dealkylation sites (tertiary alicyclic amines) is 1. The van der Waals surface area contributed by atoms with Gasteiger partial charge in [0.1, 0.15) is 27.8 Å². The maximum absolute atomic E-state index is 15.8. The Morgan fingerprint density at radius 3 is 2.29 bits per heavy atom. The lowest BCUT2D eigenvalue weighted by Gasteiger charge is -2.36. The van der Waals surface area contributed by atoms with Crippen LogP contribution in [-0.4, -0.2) is 63.6 Å². The summed E-state index contributed by atoms with van der Waals surface area (Å²) in [6.07, 6.45) is 0.00680. The van der Waals surface area contributed by atoms with E-state index in [1.807, 2.05) is 0 Å². The summed E-state index contributed by atoms with van der Waals surface area (Å²) in [6.45, 7) is 12.6. The second-order valence-corrected chi connectivity index (χ2v) is 9.02. The molecule has 11 heteroatoms. The molecule has 8 nitrogen and oxygen atoms in total. The highest BCUT2D eigenvalue weighted by Crippen LogP contribution is 2.29. The number of thiocarbonyl (C=S) groups is 1. The topological polar surface area (TPSA) is 94.5 Å². The van der Waals surface area contributed by atoms with Crippen molar-refractivity contribution in [1.82, 2.24) is 15.3 Å². The number of amides is 1. The lowest BCUT2D eigenvalue weighted by molar-refractivity contribution is -0.132. The Hall–Kier alpha value is -3.34. The molecule has 0 bridgehead atoms. The second-order valence-electron chi connectivity index (χ2n) is 8.61. The first kappa shape index (κ1) is 26.9. The molecule has 0 aliphatic carbocycles. The van der Waals surface area contributed by atoms with Gasteiger partial charge in [-0.1, -0.05) is 23.3 Å². The number of carboxylic acid groups (broad SMARTS) is 1. The fraction of sp³-hybridized carbons (Fsp3) is 0.391. The third-order valence-corrected chi connectivity index (χ3v) is 5.18. The molecule has 1 fully saturated rings. The number of rotatable bonds is 7. The van der Waals surface area contributed by atoms with Crippen molar-refractivity contribution in [2.45, 2.75) is 45.3 Å². The Bertz CT molecular complexity index is 997. The molecule has 184 valence electrons. The van der Waals surface area contributed by atoms with Gasteiger partial charge in [-0.15, -0.1) is 0 Å². The van der Waals surface area contributed by atoms with Gasteiger partial charge in [-0.05, 0) is 64.6 Å². The largest absolute Gasteiger partial charge is 0.477 e. The van der Waals surface area contributed by atoms with Crippen LogP contribution in [0.3, 0.4) is 0 Å². The molecule has 1 saturated heterocycles. The van der Waals surface area contributed by atoms with Gasteiger partial charge in [0.15, 0.2) is 0 Å². The molecule has 0 atom stereocenters. The molecule has 0 saturated carbocycles. The summed E-state index contributed by atoms with van der Waals surface area (Å²) in [7, 11) is 0. The molecule has 34 heavy (non-hydrogen) atoms. The van der Waals surface area contributed by atoms with Crippen LogP contribution in [0.5, 0.6) is 0 Å². The minimum atomic E-state index is -1.37. The fourth-order valence-electron chi connectivity index (χ4n) is 3.25. The van der Waals surface area contributed by atoms with Crippen molar-refractivity contribution < 1.29 is 28.3 Å². The van der Waals surface area contributed by atoms with E-state index in [4.69, 9.17) is 22.1 Å². The Morgan fingerprint density at radius 1 is 1.26 bits per heavy atom. The summed E-state index contributed by atoms with van der Waals surface area (Å²) < 4.78 is 34.6. The predicted octanol–water partition coefficient (Wildman–Crippen LogP) is 4.30. The Balaban J connectivity index is 2.34. The molecule has 0 unspecified atom stereocenters. The van der Waals surface area contributed by atoms with Crippen molar-refractivity contribution in [3.8, 4) is 0 Å². The van der Waals surface area contributed by atoms with Gasteiger partial charge in [0.05, 0.1) is 11.7 Å². The quantitative estimate of drug-likeness (QED) is 0.253. The zero-order chi connectivity index (χ0) is 25.6. The fourth-order valence-corrected chi connectivity index (χ4v) is 3.56. The molecule has 0 radical (unpaired) electrons. The van der Waals surface area contributed by atoms with Crippen LogP contribution in [0, 0.1) is 5.82 Å². The van der Waals surface area contributed by atoms with Crippen LogP contribution in [0.1, 0.15) is 39.2 Å². The van der Waals surface area contributed by atoms with Gasteiger partial charge in [0.2, 0.25) is 0 Å². The van der Waals surface area contributed by atoms with E-state index < -0.39 is 35.2 Å². The van der Waals surface area contributed by atoms with E-state index in [2.05, 4.69) is 23.6 Å². The van der Waals surface area contributed by atoms with Crippen molar-refractivity contribution in [1.29, 1.82) is 0 Å². The number of carbonyl (C=O) groups is 2. The predicted molar refractivity (Wildman–Crippen MR) is 129 cm³/mol. The first-order chi connectivity index (χ1) is 15.8. The Kier molecular flexibility index (Phi) is 8.86. The van der Waals surface area contributed by atoms with Crippen molar-refractivity contribution in [2.24, 2.45) is 4.99 Å². The highest BCUT2D eigenvalue weighted by atomic mass is 32.1. The van der Waals surface area contributed by atoms with E-state index in [0.29, 0.717) is 10.7 Å². The molecule has 1 amide bonds. The van der Waals surface area contributed by atoms with E-state index >= 15 is 4.48 Å². The van der Waals surface area contributed by atoms with Crippen molar-refractivity contribution in [3.63, 3.8) is 0 Å². The minimum Gasteiger partial charge on any atom is -0.477 e. The van der Waals surface area contributed by atoms with Crippen molar-refractivity contribution >= 4 is 41.7 Å². The number of ether oxygens (including phenoxy) is 1. The summed E-state index contributed by atoms with van der Waals surface area (Å²) >= 11 is 5.29. The van der Waals surface area contributed by atoms with E-state index in [-0.39, 0.29) is 42.3 Å². The zero-order valence-corrected chi connectivity index (χ0v) is 20.1. The normalized spacial score (nSPS) is 15.1. The summed E-state index contributed by atoms with van der Waals surface area (Å²) in [5.74, 6) is -1.87. The van der Waals surface area contributed by atoms with E-state index in [1.54, 1.807) is 20.8 Å². The van der Waals surface area contributed by atoms with Crippen LogP contribution in [0.25, 0.3) is 5.70 Å². The molecule has 1 heterocycles. The third kappa shape index (κ3) is 7.08. The van der Waals surface area contributed by atoms with E-state index in [0.717, 1.165) is 0 Å². The standard InChI is InChI=1S/C23H28F2N4O4S/c1-14(21(30)31)27-20(34)19(18(26-5)15-6-8-16(24)9-7-15)29(25)17-10-12-28(13-11-17)22(32)33-23(2,3)4/h6-9,17H,1,5,10-13H2,2-4H3,(H,27,34)(H,30,31)/b19-18-. The highest BCUT2D eigenvalue weighted by Gasteiger charge is 2.33. The number of hydrogen-bond donors (Lipinski definition) is 2. The van der Waals surface area contributed by atoms with Crippen LogP contribution in [0.15, 0.2) is 47.2 Å². The van der Waals surface area contributed by atoms with E-state index in [1.165, 1.54) is 29.2 Å². The van der Waals surface area contributed by atoms with Crippen molar-refractivity contribution in [3.05, 3.63) is 53.6 Å². The molecule has 1 aromatic rings. The molecule has 2 N–H and O–H groups in total. The number of carboxylic acids is 1. The van der Waals surface area contributed by atoms with Gasteiger partial charge in [0.25, 0.3) is 0 Å². The zero-order valence-electron chi connectivity index (χ0n) is 19.3. The number of aliphatic imine (C=N–C) groups is 1. The van der Waals surface area contributed by atoms with Crippen molar-refractivity contribution in [2.75, 3.05) is 13.1 Å². The third-order valence-electron chi connectivity index (χ3n) is 4.89. The summed E-state index contributed by atoms with van der Waals surface area (Å²) in [5.41, 5.74) is -1.04. The maximum Gasteiger partial charge on any atom is 0.410 e.